The van der Waals surface area contributed by atoms with Gasteiger partial charge in [-0.3, -0.25) is 9.97 Å². The Morgan fingerprint density at radius 1 is 1.15 bits per heavy atom. The van der Waals surface area contributed by atoms with Crippen molar-refractivity contribution in [2.24, 2.45) is 0 Å². The molecule has 0 aliphatic carbocycles. The van der Waals surface area contributed by atoms with Gasteiger partial charge in [-0.05, 0) is 50.5 Å². The van der Waals surface area contributed by atoms with Crippen molar-refractivity contribution in [1.82, 2.24) is 20.3 Å². The molecule has 1 saturated heterocycles. The Bertz CT molecular complexity index is 895. The minimum Gasteiger partial charge on any atom is -0.448 e. The number of halogens is 1. The van der Waals surface area contributed by atoms with Gasteiger partial charge in [0.05, 0.1) is 34.6 Å². The smallest absolute Gasteiger partial charge is 0.200 e. The van der Waals surface area contributed by atoms with Crippen LogP contribution in [0.15, 0.2) is 47.2 Å². The topological polar surface area (TPSA) is 63.8 Å². The molecule has 1 N–H and O–H groups in total. The highest BCUT2D eigenvalue weighted by molar-refractivity contribution is 6.31. The summed E-state index contributed by atoms with van der Waals surface area (Å²) in [6, 6.07) is 10.2. The Labute approximate surface area is 157 Å². The minimum atomic E-state index is 0.155. The maximum Gasteiger partial charge on any atom is 0.200 e. The lowest BCUT2D eigenvalue weighted by atomic mass is 9.94. The van der Waals surface area contributed by atoms with E-state index in [1.807, 2.05) is 31.2 Å². The zero-order valence-corrected chi connectivity index (χ0v) is 15.4. The Kier molecular flexibility index (Phi) is 5.00. The molecule has 0 spiro atoms. The van der Waals surface area contributed by atoms with E-state index in [0.29, 0.717) is 17.3 Å². The Morgan fingerprint density at radius 2 is 2.04 bits per heavy atom. The fourth-order valence-corrected chi connectivity index (χ4v) is 3.72. The first kappa shape index (κ1) is 17.2. The van der Waals surface area contributed by atoms with Crippen LogP contribution in [0, 0.1) is 6.92 Å². The molecule has 134 valence electrons. The first-order chi connectivity index (χ1) is 12.7. The molecule has 2 atom stereocenters. The van der Waals surface area contributed by atoms with Crippen LogP contribution in [-0.2, 0) is 6.42 Å². The Hall–Kier alpha value is -2.24. The summed E-state index contributed by atoms with van der Waals surface area (Å²) in [5, 5.41) is 4.39. The van der Waals surface area contributed by atoms with E-state index in [4.69, 9.17) is 21.0 Å². The van der Waals surface area contributed by atoms with Crippen molar-refractivity contribution in [3.05, 3.63) is 76.5 Å². The summed E-state index contributed by atoms with van der Waals surface area (Å²) in [5.74, 6) is 0.696. The molecular weight excluding hydrogens is 348 g/mol. The number of rotatable bonds is 4. The quantitative estimate of drug-likeness (QED) is 0.730. The van der Waals surface area contributed by atoms with Crippen LogP contribution >= 0.6 is 11.6 Å². The van der Waals surface area contributed by atoms with Crippen molar-refractivity contribution in [3.63, 3.8) is 0 Å². The van der Waals surface area contributed by atoms with Crippen LogP contribution in [0.25, 0.3) is 0 Å². The summed E-state index contributed by atoms with van der Waals surface area (Å²) in [7, 11) is 0. The second-order valence-electron chi connectivity index (χ2n) is 6.69. The van der Waals surface area contributed by atoms with Gasteiger partial charge in [-0.15, -0.1) is 0 Å². The molecule has 1 fully saturated rings. The molecule has 3 aromatic rings. The number of piperidine rings is 1. The summed E-state index contributed by atoms with van der Waals surface area (Å²) in [6.45, 7) is 1.92. The second kappa shape index (κ2) is 7.56. The average molecular weight is 369 g/mol. The van der Waals surface area contributed by atoms with Crippen molar-refractivity contribution in [2.75, 3.05) is 0 Å². The molecule has 0 aromatic carbocycles. The molecule has 0 saturated carbocycles. The fraction of sp³-hybridized carbons (Fsp3) is 0.350. The highest BCUT2D eigenvalue weighted by Crippen LogP contribution is 2.33. The number of hydrogen-bond donors (Lipinski definition) is 1. The highest BCUT2D eigenvalue weighted by Gasteiger charge is 2.26. The molecule has 3 aromatic heterocycles. The van der Waals surface area contributed by atoms with Crippen molar-refractivity contribution < 1.29 is 4.42 Å². The number of nitrogens with zero attached hydrogens (tertiary/aromatic N) is 3. The van der Waals surface area contributed by atoms with E-state index in [1.54, 1.807) is 12.5 Å². The van der Waals surface area contributed by atoms with Gasteiger partial charge in [0.2, 0.25) is 0 Å². The fourth-order valence-electron chi connectivity index (χ4n) is 3.47. The van der Waals surface area contributed by atoms with Crippen LogP contribution in [0.4, 0.5) is 0 Å². The van der Waals surface area contributed by atoms with E-state index in [1.165, 1.54) is 0 Å². The van der Waals surface area contributed by atoms with E-state index in [9.17, 15) is 0 Å². The zero-order valence-electron chi connectivity index (χ0n) is 14.7. The zero-order chi connectivity index (χ0) is 17.9. The molecule has 0 radical (unpaired) electrons. The maximum atomic E-state index is 6.33. The number of pyridine rings is 2. The molecule has 0 amide bonds. The van der Waals surface area contributed by atoms with E-state index in [2.05, 4.69) is 21.4 Å². The van der Waals surface area contributed by atoms with Gasteiger partial charge in [-0.2, -0.15) is 0 Å². The van der Waals surface area contributed by atoms with Gasteiger partial charge in [0.1, 0.15) is 6.26 Å². The predicted octanol–water partition coefficient (Wildman–Crippen LogP) is 4.57. The van der Waals surface area contributed by atoms with Gasteiger partial charge in [-0.25, -0.2) is 4.98 Å². The molecule has 2 unspecified atom stereocenters. The first-order valence-corrected chi connectivity index (χ1v) is 9.30. The number of oxazole rings is 1. The molecule has 5 nitrogen and oxygen atoms in total. The lowest BCUT2D eigenvalue weighted by molar-refractivity contribution is 0.321. The predicted molar refractivity (Wildman–Crippen MR) is 100.0 cm³/mol. The van der Waals surface area contributed by atoms with E-state index in [0.717, 1.165) is 42.0 Å². The highest BCUT2D eigenvalue weighted by atomic mass is 35.5. The second-order valence-corrected chi connectivity index (χ2v) is 7.09. The van der Waals surface area contributed by atoms with Gasteiger partial charge < -0.3 is 9.73 Å². The number of aromatic nitrogens is 3. The number of hydrogen-bond acceptors (Lipinski definition) is 5. The SMILES string of the molecule is Cc1coc(Cc2cccc(C3CCCC(c4ncccc4Cl)N3)n2)n1. The van der Waals surface area contributed by atoms with Crippen molar-refractivity contribution in [1.29, 1.82) is 0 Å². The van der Waals surface area contributed by atoms with Gasteiger partial charge in [-0.1, -0.05) is 17.7 Å². The monoisotopic (exact) mass is 368 g/mol. The van der Waals surface area contributed by atoms with E-state index < -0.39 is 0 Å². The van der Waals surface area contributed by atoms with Gasteiger partial charge in [0.15, 0.2) is 5.89 Å². The van der Waals surface area contributed by atoms with Crippen LogP contribution < -0.4 is 5.32 Å². The van der Waals surface area contributed by atoms with E-state index in [-0.39, 0.29) is 12.1 Å². The van der Waals surface area contributed by atoms with E-state index >= 15 is 0 Å². The summed E-state index contributed by atoms with van der Waals surface area (Å²) in [4.78, 5) is 13.7. The molecule has 1 aliphatic rings. The van der Waals surface area contributed by atoms with Gasteiger partial charge in [0.25, 0.3) is 0 Å². The molecular formula is C20H21ClN4O. The van der Waals surface area contributed by atoms with Gasteiger partial charge >= 0.3 is 0 Å². The third-order valence-electron chi connectivity index (χ3n) is 4.69. The van der Waals surface area contributed by atoms with Crippen LogP contribution in [0.2, 0.25) is 5.02 Å². The lowest BCUT2D eigenvalue weighted by Crippen LogP contribution is -2.32. The van der Waals surface area contributed by atoms with Crippen LogP contribution in [-0.4, -0.2) is 15.0 Å². The Morgan fingerprint density at radius 3 is 2.85 bits per heavy atom. The third kappa shape index (κ3) is 3.79. The lowest BCUT2D eigenvalue weighted by Gasteiger charge is -2.31. The van der Waals surface area contributed by atoms with Crippen molar-refractivity contribution >= 4 is 11.6 Å². The molecule has 4 heterocycles. The third-order valence-corrected chi connectivity index (χ3v) is 5.01. The van der Waals surface area contributed by atoms with Gasteiger partial charge in [0, 0.05) is 17.9 Å². The minimum absolute atomic E-state index is 0.155. The summed E-state index contributed by atoms with van der Waals surface area (Å²) in [6.07, 6.45) is 7.26. The number of aryl methyl sites for hydroxylation is 1. The summed E-state index contributed by atoms with van der Waals surface area (Å²) >= 11 is 6.33. The van der Waals surface area contributed by atoms with Crippen LogP contribution in [0.3, 0.4) is 0 Å². The van der Waals surface area contributed by atoms with Crippen LogP contribution in [0.5, 0.6) is 0 Å². The largest absolute Gasteiger partial charge is 0.448 e. The molecule has 6 heteroatoms. The average Bonchev–Trinajstić information content (AvgIpc) is 3.07. The first-order valence-electron chi connectivity index (χ1n) is 8.92. The molecule has 4 rings (SSSR count). The van der Waals surface area contributed by atoms with Crippen LogP contribution in [0.1, 0.15) is 60.0 Å². The standard InChI is InChI=1S/C20H21ClN4O/c1-13-12-26-19(23-13)11-14-5-2-7-16(24-14)17-8-3-9-18(25-17)20-15(21)6-4-10-22-20/h2,4-7,10,12,17-18,25H,3,8-9,11H2,1H3. The molecule has 26 heavy (non-hydrogen) atoms. The summed E-state index contributed by atoms with van der Waals surface area (Å²) in [5.41, 5.74) is 3.82. The number of nitrogens with one attached hydrogen (secondary N) is 1. The normalized spacial score (nSPS) is 20.2. The Balaban J connectivity index is 1.52. The summed E-state index contributed by atoms with van der Waals surface area (Å²) < 4.78 is 5.45. The molecule has 1 aliphatic heterocycles. The maximum absolute atomic E-state index is 6.33. The molecule has 0 bridgehead atoms. The van der Waals surface area contributed by atoms with Crippen molar-refractivity contribution in [2.45, 2.75) is 44.7 Å². The van der Waals surface area contributed by atoms with Crippen molar-refractivity contribution in [3.8, 4) is 0 Å².